The minimum absolute atomic E-state index is 0.348. The highest BCUT2D eigenvalue weighted by molar-refractivity contribution is 5.92. The Labute approximate surface area is 120 Å². The monoisotopic (exact) mass is 268 g/mol. The van der Waals surface area contributed by atoms with Crippen molar-refractivity contribution >= 4 is 5.91 Å². The molecule has 0 aliphatic carbocycles. The molecule has 1 aromatic carbocycles. The number of nitrogens with zero attached hydrogens (tertiary/aromatic N) is 1. The molecule has 3 nitrogen and oxygen atoms in total. The number of hydrogen-bond acceptors (Lipinski definition) is 2. The zero-order chi connectivity index (χ0) is 14.1. The van der Waals surface area contributed by atoms with Gasteiger partial charge in [0.15, 0.2) is 0 Å². The smallest absolute Gasteiger partial charge is 0.248 e. The van der Waals surface area contributed by atoms with Crippen molar-refractivity contribution in [3.63, 3.8) is 0 Å². The lowest BCUT2D eigenvalue weighted by Gasteiger charge is -2.38. The highest BCUT2D eigenvalue weighted by atomic mass is 16.1. The van der Waals surface area contributed by atoms with Gasteiger partial charge in [0.1, 0.15) is 0 Å². The second-order valence-electron chi connectivity index (χ2n) is 5.92. The van der Waals surface area contributed by atoms with Crippen LogP contribution in [0, 0.1) is 12.3 Å². The van der Waals surface area contributed by atoms with Gasteiger partial charge in [0.2, 0.25) is 5.91 Å². The second kappa shape index (κ2) is 5.30. The maximum absolute atomic E-state index is 11.3. The first-order valence-corrected chi connectivity index (χ1v) is 7.28. The molecular weight excluding hydrogens is 248 g/mol. The van der Waals surface area contributed by atoms with Gasteiger partial charge in [-0.1, -0.05) is 18.1 Å². The number of terminal acetylenes is 1. The summed E-state index contributed by atoms with van der Waals surface area (Å²) in [5, 5.41) is 0. The predicted molar refractivity (Wildman–Crippen MR) is 79.3 cm³/mol. The molecule has 104 valence electrons. The fourth-order valence-corrected chi connectivity index (χ4v) is 3.86. The molecule has 2 saturated heterocycles. The van der Waals surface area contributed by atoms with Crippen molar-refractivity contribution in [3.05, 3.63) is 35.4 Å². The van der Waals surface area contributed by atoms with Gasteiger partial charge in [0.25, 0.3) is 0 Å². The van der Waals surface area contributed by atoms with E-state index in [0.717, 1.165) is 19.4 Å². The highest BCUT2D eigenvalue weighted by Crippen LogP contribution is 2.42. The average Bonchev–Trinajstić information content (AvgIpc) is 2.70. The van der Waals surface area contributed by atoms with Crippen molar-refractivity contribution in [3.8, 4) is 12.3 Å². The van der Waals surface area contributed by atoms with E-state index in [0.29, 0.717) is 23.6 Å². The first kappa shape index (κ1) is 13.2. The molecular formula is C17H20N2O. The van der Waals surface area contributed by atoms with E-state index in [1.807, 2.05) is 12.1 Å². The van der Waals surface area contributed by atoms with E-state index in [1.54, 1.807) is 6.07 Å². The molecule has 0 saturated carbocycles. The SMILES string of the molecule is C#CCN1C2CCC1CC(c1cccc(C(N)=O)c1)C2. The Bertz CT molecular complexity index is 546. The molecule has 2 heterocycles. The van der Waals surface area contributed by atoms with Gasteiger partial charge in [-0.3, -0.25) is 9.69 Å². The molecule has 0 spiro atoms. The van der Waals surface area contributed by atoms with Gasteiger partial charge in [-0.2, -0.15) is 0 Å². The molecule has 2 atom stereocenters. The molecule has 2 unspecified atom stereocenters. The zero-order valence-electron chi connectivity index (χ0n) is 11.6. The number of amides is 1. The highest BCUT2D eigenvalue weighted by Gasteiger charge is 2.40. The van der Waals surface area contributed by atoms with Crippen molar-refractivity contribution in [2.75, 3.05) is 6.54 Å². The Morgan fingerprint density at radius 1 is 1.35 bits per heavy atom. The third-order valence-electron chi connectivity index (χ3n) is 4.80. The fraction of sp³-hybridized carbons (Fsp3) is 0.471. The standard InChI is InChI=1S/C17H20N2O/c1-2-8-19-15-6-7-16(19)11-14(10-15)12-4-3-5-13(9-12)17(18)20/h1,3-5,9,14-16H,6-8,10-11H2,(H2,18,20). The number of fused-ring (bicyclic) bond motifs is 2. The van der Waals surface area contributed by atoms with Gasteiger partial charge < -0.3 is 5.73 Å². The Kier molecular flexibility index (Phi) is 3.50. The summed E-state index contributed by atoms with van der Waals surface area (Å²) in [4.78, 5) is 13.8. The largest absolute Gasteiger partial charge is 0.366 e. The first-order valence-electron chi connectivity index (χ1n) is 7.28. The summed E-state index contributed by atoms with van der Waals surface area (Å²) in [7, 11) is 0. The maximum atomic E-state index is 11.3. The summed E-state index contributed by atoms with van der Waals surface area (Å²) in [5.74, 6) is 2.96. The van der Waals surface area contributed by atoms with Gasteiger partial charge in [-0.05, 0) is 49.3 Å². The van der Waals surface area contributed by atoms with Crippen molar-refractivity contribution in [2.24, 2.45) is 5.73 Å². The van der Waals surface area contributed by atoms with E-state index in [9.17, 15) is 4.79 Å². The molecule has 1 amide bonds. The van der Waals surface area contributed by atoms with E-state index in [-0.39, 0.29) is 5.91 Å². The van der Waals surface area contributed by atoms with Crippen LogP contribution in [0.5, 0.6) is 0 Å². The van der Waals surface area contributed by atoms with Crippen LogP contribution in [0.4, 0.5) is 0 Å². The molecule has 0 aromatic heterocycles. The van der Waals surface area contributed by atoms with E-state index in [4.69, 9.17) is 12.2 Å². The number of carbonyl (C=O) groups is 1. The lowest BCUT2D eigenvalue weighted by atomic mass is 9.84. The molecule has 2 bridgehead atoms. The Morgan fingerprint density at radius 2 is 2.05 bits per heavy atom. The number of piperidine rings is 1. The first-order chi connectivity index (χ1) is 9.69. The van der Waals surface area contributed by atoms with Crippen LogP contribution < -0.4 is 5.73 Å². The zero-order valence-corrected chi connectivity index (χ0v) is 11.6. The maximum Gasteiger partial charge on any atom is 0.248 e. The van der Waals surface area contributed by atoms with Crippen LogP contribution in [0.1, 0.15) is 47.5 Å². The van der Waals surface area contributed by atoms with Crippen LogP contribution in [0.3, 0.4) is 0 Å². The summed E-state index contributed by atoms with van der Waals surface area (Å²) in [6.45, 7) is 0.767. The number of hydrogen-bond donors (Lipinski definition) is 1. The van der Waals surface area contributed by atoms with Crippen LogP contribution in [-0.2, 0) is 0 Å². The topological polar surface area (TPSA) is 46.3 Å². The van der Waals surface area contributed by atoms with Crippen LogP contribution in [0.15, 0.2) is 24.3 Å². The Hall–Kier alpha value is -1.79. The summed E-state index contributed by atoms with van der Waals surface area (Å²) in [6.07, 6.45) is 10.2. The fourth-order valence-electron chi connectivity index (χ4n) is 3.86. The van der Waals surface area contributed by atoms with E-state index >= 15 is 0 Å². The quantitative estimate of drug-likeness (QED) is 0.854. The van der Waals surface area contributed by atoms with Gasteiger partial charge in [0.05, 0.1) is 6.54 Å². The molecule has 3 heteroatoms. The third kappa shape index (κ3) is 2.32. The van der Waals surface area contributed by atoms with Gasteiger partial charge in [-0.25, -0.2) is 0 Å². The van der Waals surface area contributed by atoms with Crippen LogP contribution >= 0.6 is 0 Å². The van der Waals surface area contributed by atoms with Crippen LogP contribution in [-0.4, -0.2) is 29.4 Å². The minimum Gasteiger partial charge on any atom is -0.366 e. The van der Waals surface area contributed by atoms with Crippen molar-refractivity contribution in [2.45, 2.75) is 43.7 Å². The summed E-state index contributed by atoms with van der Waals surface area (Å²) in [5.41, 5.74) is 7.23. The summed E-state index contributed by atoms with van der Waals surface area (Å²) in [6, 6.07) is 9.01. The molecule has 3 rings (SSSR count). The lowest BCUT2D eigenvalue weighted by molar-refractivity contribution is 0.1000. The van der Waals surface area contributed by atoms with E-state index in [1.165, 1.54) is 18.4 Å². The normalized spacial score (nSPS) is 29.1. The van der Waals surface area contributed by atoms with E-state index < -0.39 is 0 Å². The molecule has 20 heavy (non-hydrogen) atoms. The third-order valence-corrected chi connectivity index (χ3v) is 4.80. The minimum atomic E-state index is -0.348. The molecule has 2 fully saturated rings. The van der Waals surface area contributed by atoms with E-state index in [2.05, 4.69) is 16.9 Å². The lowest BCUT2D eigenvalue weighted by Crippen LogP contribution is -2.42. The van der Waals surface area contributed by atoms with Crippen molar-refractivity contribution < 1.29 is 4.79 Å². The Morgan fingerprint density at radius 3 is 2.65 bits per heavy atom. The molecule has 2 aliphatic heterocycles. The predicted octanol–water partition coefficient (Wildman–Crippen LogP) is 2.13. The summed E-state index contributed by atoms with van der Waals surface area (Å²) < 4.78 is 0. The number of primary amides is 1. The molecule has 2 N–H and O–H groups in total. The molecule has 0 radical (unpaired) electrons. The molecule has 2 aliphatic rings. The van der Waals surface area contributed by atoms with Gasteiger partial charge >= 0.3 is 0 Å². The second-order valence-corrected chi connectivity index (χ2v) is 5.92. The average molecular weight is 268 g/mol. The number of rotatable bonds is 3. The van der Waals surface area contributed by atoms with Crippen molar-refractivity contribution in [1.29, 1.82) is 0 Å². The van der Waals surface area contributed by atoms with Crippen LogP contribution in [0.2, 0.25) is 0 Å². The van der Waals surface area contributed by atoms with Gasteiger partial charge in [-0.15, -0.1) is 6.42 Å². The molecule has 1 aromatic rings. The van der Waals surface area contributed by atoms with Crippen LogP contribution in [0.25, 0.3) is 0 Å². The number of nitrogens with two attached hydrogens (primary N) is 1. The Balaban J connectivity index is 1.79. The van der Waals surface area contributed by atoms with Gasteiger partial charge in [0, 0.05) is 17.6 Å². The summed E-state index contributed by atoms with van der Waals surface area (Å²) >= 11 is 0. The van der Waals surface area contributed by atoms with Crippen molar-refractivity contribution in [1.82, 2.24) is 4.90 Å². The number of carbonyl (C=O) groups excluding carboxylic acids is 1. The number of benzene rings is 1.